The van der Waals surface area contributed by atoms with Gasteiger partial charge < -0.3 is 15.8 Å². The molecule has 1 heterocycles. The van der Waals surface area contributed by atoms with Gasteiger partial charge in [0.1, 0.15) is 5.75 Å². The first-order valence-electron chi connectivity index (χ1n) is 6.66. The Bertz CT molecular complexity index is 677. The van der Waals surface area contributed by atoms with Crippen LogP contribution in [0.15, 0.2) is 18.2 Å². The molecule has 0 aliphatic heterocycles. The lowest BCUT2D eigenvalue weighted by molar-refractivity contribution is 0.102. The van der Waals surface area contributed by atoms with E-state index >= 15 is 0 Å². The number of nitrogens with zero attached hydrogens (tertiary/aromatic N) is 2. The molecule has 1 aromatic heterocycles. The minimum Gasteiger partial charge on any atom is -0.495 e. The van der Waals surface area contributed by atoms with Gasteiger partial charge in [-0.25, -0.2) is 0 Å². The van der Waals surface area contributed by atoms with Crippen LogP contribution < -0.4 is 15.8 Å². The number of aromatic nitrogens is 2. The van der Waals surface area contributed by atoms with E-state index in [9.17, 15) is 4.79 Å². The van der Waals surface area contributed by atoms with Gasteiger partial charge in [-0.3, -0.25) is 9.48 Å². The van der Waals surface area contributed by atoms with Gasteiger partial charge in [-0.05, 0) is 31.5 Å². The molecule has 2 rings (SSSR count). The van der Waals surface area contributed by atoms with Crippen molar-refractivity contribution in [3.05, 3.63) is 40.7 Å². The van der Waals surface area contributed by atoms with Crippen LogP contribution in [0.25, 0.3) is 0 Å². The molecule has 0 fully saturated rings. The predicted octanol–water partition coefficient (Wildman–Crippen LogP) is 1.76. The number of methoxy groups -OCH3 is 1. The summed E-state index contributed by atoms with van der Waals surface area (Å²) < 4.78 is 6.99. The zero-order valence-electron chi connectivity index (χ0n) is 12.7. The molecule has 3 N–H and O–H groups in total. The molecule has 112 valence electrons. The minimum atomic E-state index is -0.197. The summed E-state index contributed by atoms with van der Waals surface area (Å²) in [5, 5.41) is 7.12. The summed E-state index contributed by atoms with van der Waals surface area (Å²) in [7, 11) is 3.38. The second-order valence-corrected chi connectivity index (χ2v) is 4.86. The molecule has 0 radical (unpaired) electrons. The van der Waals surface area contributed by atoms with E-state index in [0.29, 0.717) is 29.2 Å². The lowest BCUT2D eigenvalue weighted by atomic mass is 10.1. The summed E-state index contributed by atoms with van der Waals surface area (Å²) in [6, 6.07) is 5.47. The Kier molecular flexibility index (Phi) is 4.28. The van der Waals surface area contributed by atoms with Crippen LogP contribution in [0.4, 0.5) is 5.69 Å². The molecule has 0 aliphatic carbocycles. The lowest BCUT2D eigenvalue weighted by Crippen LogP contribution is -2.15. The van der Waals surface area contributed by atoms with Gasteiger partial charge in [0.15, 0.2) is 0 Å². The normalized spacial score (nSPS) is 10.5. The smallest absolute Gasteiger partial charge is 0.259 e. The summed E-state index contributed by atoms with van der Waals surface area (Å²) in [5.41, 5.74) is 9.27. The van der Waals surface area contributed by atoms with E-state index in [2.05, 4.69) is 10.4 Å². The van der Waals surface area contributed by atoms with Crippen molar-refractivity contribution < 1.29 is 9.53 Å². The zero-order chi connectivity index (χ0) is 15.6. The van der Waals surface area contributed by atoms with Crippen LogP contribution in [-0.2, 0) is 13.6 Å². The molecule has 0 saturated heterocycles. The number of anilines is 1. The highest BCUT2D eigenvalue weighted by Crippen LogP contribution is 2.26. The van der Waals surface area contributed by atoms with E-state index in [1.165, 1.54) is 0 Å². The van der Waals surface area contributed by atoms with Crippen LogP contribution in [0.3, 0.4) is 0 Å². The number of carbonyl (C=O) groups is 1. The molecule has 6 nitrogen and oxygen atoms in total. The van der Waals surface area contributed by atoms with E-state index in [1.54, 1.807) is 17.9 Å². The van der Waals surface area contributed by atoms with Crippen LogP contribution in [-0.4, -0.2) is 22.8 Å². The maximum atomic E-state index is 12.4. The first kappa shape index (κ1) is 15.1. The number of aryl methyl sites for hydroxylation is 2. The zero-order valence-corrected chi connectivity index (χ0v) is 12.7. The van der Waals surface area contributed by atoms with Gasteiger partial charge in [0.2, 0.25) is 0 Å². The number of hydrogen-bond acceptors (Lipinski definition) is 4. The molecule has 0 aliphatic rings. The molecular weight excluding hydrogens is 268 g/mol. The maximum absolute atomic E-state index is 12.4. The second-order valence-electron chi connectivity index (χ2n) is 4.86. The van der Waals surface area contributed by atoms with Crippen molar-refractivity contribution in [2.45, 2.75) is 20.4 Å². The van der Waals surface area contributed by atoms with E-state index in [-0.39, 0.29) is 5.91 Å². The van der Waals surface area contributed by atoms with Crippen molar-refractivity contribution in [1.82, 2.24) is 9.78 Å². The van der Waals surface area contributed by atoms with Gasteiger partial charge in [0, 0.05) is 19.3 Å². The van der Waals surface area contributed by atoms with Gasteiger partial charge in [-0.15, -0.1) is 0 Å². The van der Waals surface area contributed by atoms with E-state index in [0.717, 1.165) is 11.3 Å². The Morgan fingerprint density at radius 3 is 2.67 bits per heavy atom. The first-order valence-corrected chi connectivity index (χ1v) is 6.66. The number of benzene rings is 1. The highest BCUT2D eigenvalue weighted by atomic mass is 16.5. The molecule has 2 aromatic rings. The van der Waals surface area contributed by atoms with Crippen molar-refractivity contribution in [2.24, 2.45) is 12.8 Å². The Balaban J connectivity index is 2.31. The van der Waals surface area contributed by atoms with Crippen LogP contribution in [0, 0.1) is 13.8 Å². The van der Waals surface area contributed by atoms with Crippen LogP contribution in [0.1, 0.15) is 27.3 Å². The second kappa shape index (κ2) is 5.97. The largest absolute Gasteiger partial charge is 0.495 e. The number of amides is 1. The van der Waals surface area contributed by atoms with Crippen LogP contribution in [0.2, 0.25) is 0 Å². The topological polar surface area (TPSA) is 82.2 Å². The summed E-state index contributed by atoms with van der Waals surface area (Å²) >= 11 is 0. The fourth-order valence-electron chi connectivity index (χ4n) is 2.25. The maximum Gasteiger partial charge on any atom is 0.259 e. The minimum absolute atomic E-state index is 0.197. The standard InChI is InChI=1S/C15H20N4O2/c1-9-14(10(2)19(3)18-9)15(20)17-12-6-5-11(8-16)7-13(12)21-4/h5-7H,8,16H2,1-4H3,(H,17,20). The number of hydrogen-bond donors (Lipinski definition) is 2. The molecule has 21 heavy (non-hydrogen) atoms. The molecule has 1 aromatic carbocycles. The molecule has 0 spiro atoms. The van der Waals surface area contributed by atoms with Crippen molar-refractivity contribution >= 4 is 11.6 Å². The average Bonchev–Trinajstić information content (AvgIpc) is 2.72. The van der Waals surface area contributed by atoms with Crippen LogP contribution >= 0.6 is 0 Å². The third-order valence-corrected chi connectivity index (χ3v) is 3.49. The summed E-state index contributed by atoms with van der Waals surface area (Å²) in [4.78, 5) is 12.4. The van der Waals surface area contributed by atoms with E-state index in [1.807, 2.05) is 33.0 Å². The molecule has 0 atom stereocenters. The highest BCUT2D eigenvalue weighted by molar-refractivity contribution is 6.06. The fraction of sp³-hybridized carbons (Fsp3) is 0.333. The molecule has 6 heteroatoms. The van der Waals surface area contributed by atoms with Crippen molar-refractivity contribution in [2.75, 3.05) is 12.4 Å². The van der Waals surface area contributed by atoms with Crippen molar-refractivity contribution in [3.63, 3.8) is 0 Å². The van der Waals surface area contributed by atoms with Crippen LogP contribution in [0.5, 0.6) is 5.75 Å². The fourth-order valence-corrected chi connectivity index (χ4v) is 2.25. The lowest BCUT2D eigenvalue weighted by Gasteiger charge is -2.11. The molecule has 1 amide bonds. The van der Waals surface area contributed by atoms with Gasteiger partial charge in [-0.1, -0.05) is 6.07 Å². The quantitative estimate of drug-likeness (QED) is 0.898. The number of nitrogens with two attached hydrogens (primary N) is 1. The molecule has 0 bridgehead atoms. The number of ether oxygens (including phenoxy) is 1. The number of carbonyl (C=O) groups excluding carboxylic acids is 1. The Labute approximate surface area is 123 Å². The monoisotopic (exact) mass is 288 g/mol. The molecular formula is C15H20N4O2. The summed E-state index contributed by atoms with van der Waals surface area (Å²) in [6.07, 6.45) is 0. The number of nitrogens with one attached hydrogen (secondary N) is 1. The predicted molar refractivity (Wildman–Crippen MR) is 81.5 cm³/mol. The van der Waals surface area contributed by atoms with Gasteiger partial charge >= 0.3 is 0 Å². The first-order chi connectivity index (χ1) is 9.97. The number of rotatable bonds is 4. The Hall–Kier alpha value is -2.34. The molecule has 0 saturated carbocycles. The van der Waals surface area contributed by atoms with Gasteiger partial charge in [-0.2, -0.15) is 5.10 Å². The van der Waals surface area contributed by atoms with Gasteiger partial charge in [0.25, 0.3) is 5.91 Å². The van der Waals surface area contributed by atoms with Crippen molar-refractivity contribution in [3.8, 4) is 5.75 Å². The summed E-state index contributed by atoms with van der Waals surface area (Å²) in [6.45, 7) is 4.10. The van der Waals surface area contributed by atoms with Crippen molar-refractivity contribution in [1.29, 1.82) is 0 Å². The van der Waals surface area contributed by atoms with E-state index in [4.69, 9.17) is 10.5 Å². The Morgan fingerprint density at radius 2 is 2.14 bits per heavy atom. The third-order valence-electron chi connectivity index (χ3n) is 3.49. The Morgan fingerprint density at radius 1 is 1.43 bits per heavy atom. The van der Waals surface area contributed by atoms with Gasteiger partial charge in [0.05, 0.1) is 24.1 Å². The SMILES string of the molecule is COc1cc(CN)ccc1NC(=O)c1c(C)nn(C)c1C. The highest BCUT2D eigenvalue weighted by Gasteiger charge is 2.18. The van der Waals surface area contributed by atoms with E-state index < -0.39 is 0 Å². The molecule has 0 unspecified atom stereocenters. The summed E-state index contributed by atoms with van der Waals surface area (Å²) in [5.74, 6) is 0.391. The third kappa shape index (κ3) is 2.90. The average molecular weight is 288 g/mol.